The molecular formula is C10H9N3OS2. The van der Waals surface area contributed by atoms with Crippen LogP contribution >= 0.6 is 24.0 Å². The standard InChI is InChI=1S/C10H9N3OS2/c1-7(8(4-11)5-12)2-3-13-9(14)6-16-10(13)15/h8H,1-3,6H2. The summed E-state index contributed by atoms with van der Waals surface area (Å²) in [5, 5.41) is 17.3. The molecule has 82 valence electrons. The lowest BCUT2D eigenvalue weighted by Gasteiger charge is -2.15. The molecule has 1 amide bonds. The molecule has 0 N–H and O–H groups in total. The van der Waals surface area contributed by atoms with E-state index in [0.29, 0.717) is 28.6 Å². The van der Waals surface area contributed by atoms with Crippen molar-refractivity contribution in [3.8, 4) is 12.1 Å². The van der Waals surface area contributed by atoms with E-state index in [9.17, 15) is 4.79 Å². The maximum Gasteiger partial charge on any atom is 0.238 e. The van der Waals surface area contributed by atoms with Crippen LogP contribution in [-0.4, -0.2) is 27.4 Å². The summed E-state index contributed by atoms with van der Waals surface area (Å²) in [4.78, 5) is 12.9. The van der Waals surface area contributed by atoms with E-state index >= 15 is 0 Å². The van der Waals surface area contributed by atoms with Gasteiger partial charge in [0.2, 0.25) is 5.91 Å². The second-order valence-corrected chi connectivity index (χ2v) is 4.81. The van der Waals surface area contributed by atoms with Crippen molar-refractivity contribution < 1.29 is 4.79 Å². The molecule has 0 bridgehead atoms. The maximum atomic E-state index is 11.4. The third-order valence-corrected chi connectivity index (χ3v) is 3.60. The average molecular weight is 251 g/mol. The van der Waals surface area contributed by atoms with Crippen LogP contribution in [0.1, 0.15) is 6.42 Å². The predicted molar refractivity (Wildman–Crippen MR) is 65.2 cm³/mol. The SMILES string of the molecule is C=C(CCN1C(=O)CSC1=S)C(C#N)C#N. The number of thioether (sulfide) groups is 1. The zero-order chi connectivity index (χ0) is 12.1. The van der Waals surface area contributed by atoms with Crippen molar-refractivity contribution in [3.05, 3.63) is 12.2 Å². The van der Waals surface area contributed by atoms with Gasteiger partial charge in [-0.25, -0.2) is 0 Å². The van der Waals surface area contributed by atoms with E-state index in [1.165, 1.54) is 16.7 Å². The van der Waals surface area contributed by atoms with Gasteiger partial charge in [0, 0.05) is 6.54 Å². The molecule has 0 aromatic heterocycles. The number of hydrogen-bond donors (Lipinski definition) is 0. The van der Waals surface area contributed by atoms with Gasteiger partial charge in [0.1, 0.15) is 4.32 Å². The topological polar surface area (TPSA) is 67.9 Å². The second kappa shape index (κ2) is 5.64. The predicted octanol–water partition coefficient (Wildman–Crippen LogP) is 1.46. The van der Waals surface area contributed by atoms with Crippen LogP contribution < -0.4 is 0 Å². The highest BCUT2D eigenvalue weighted by molar-refractivity contribution is 8.23. The Bertz CT molecular complexity index is 389. The first kappa shape index (κ1) is 12.7. The van der Waals surface area contributed by atoms with E-state index in [1.54, 1.807) is 0 Å². The fourth-order valence-electron chi connectivity index (χ4n) is 1.21. The van der Waals surface area contributed by atoms with Gasteiger partial charge in [0.25, 0.3) is 0 Å². The van der Waals surface area contributed by atoms with Crippen LogP contribution in [0.2, 0.25) is 0 Å². The molecule has 0 saturated carbocycles. The molecule has 1 saturated heterocycles. The monoisotopic (exact) mass is 251 g/mol. The summed E-state index contributed by atoms with van der Waals surface area (Å²) in [6.07, 6.45) is 0.429. The Kier molecular flexibility index (Phi) is 4.48. The molecule has 0 radical (unpaired) electrons. The summed E-state index contributed by atoms with van der Waals surface area (Å²) in [6, 6.07) is 3.69. The Hall–Kier alpha value is -1.37. The molecule has 0 aromatic carbocycles. The molecule has 16 heavy (non-hydrogen) atoms. The van der Waals surface area contributed by atoms with Crippen LogP contribution in [-0.2, 0) is 4.79 Å². The highest BCUT2D eigenvalue weighted by atomic mass is 32.2. The lowest BCUT2D eigenvalue weighted by molar-refractivity contribution is -0.123. The van der Waals surface area contributed by atoms with Crippen molar-refractivity contribution in [3.63, 3.8) is 0 Å². The summed E-state index contributed by atoms with van der Waals surface area (Å²) in [5.41, 5.74) is 0.525. The molecule has 0 aliphatic carbocycles. The van der Waals surface area contributed by atoms with Crippen molar-refractivity contribution in [1.29, 1.82) is 10.5 Å². The summed E-state index contributed by atoms with van der Waals surface area (Å²) in [5.74, 6) is -0.446. The van der Waals surface area contributed by atoms with Crippen LogP contribution in [0.3, 0.4) is 0 Å². The number of nitrogens with zero attached hydrogens (tertiary/aromatic N) is 3. The fourth-order valence-corrected chi connectivity index (χ4v) is 2.33. The second-order valence-electron chi connectivity index (χ2n) is 3.20. The zero-order valence-corrected chi connectivity index (χ0v) is 10.1. The van der Waals surface area contributed by atoms with Crippen LogP contribution in [0.25, 0.3) is 0 Å². The van der Waals surface area contributed by atoms with Gasteiger partial charge in [-0.1, -0.05) is 30.6 Å². The Morgan fingerprint density at radius 3 is 2.69 bits per heavy atom. The van der Waals surface area contributed by atoms with Gasteiger partial charge in [-0.3, -0.25) is 9.69 Å². The molecule has 1 fully saturated rings. The number of amides is 1. The van der Waals surface area contributed by atoms with Gasteiger partial charge in [-0.15, -0.1) is 0 Å². The first-order valence-corrected chi connectivity index (χ1v) is 5.93. The van der Waals surface area contributed by atoms with E-state index < -0.39 is 5.92 Å². The molecule has 6 heteroatoms. The number of carbonyl (C=O) groups excluding carboxylic acids is 1. The first-order valence-electron chi connectivity index (χ1n) is 4.54. The van der Waals surface area contributed by atoms with Gasteiger partial charge < -0.3 is 0 Å². The Morgan fingerprint density at radius 1 is 1.62 bits per heavy atom. The summed E-state index contributed by atoms with van der Waals surface area (Å²) >= 11 is 6.33. The van der Waals surface area contributed by atoms with Crippen molar-refractivity contribution in [2.24, 2.45) is 5.92 Å². The Labute approximate surface area is 104 Å². The van der Waals surface area contributed by atoms with Gasteiger partial charge in [0.15, 0.2) is 5.92 Å². The minimum absolute atomic E-state index is 0.0201. The number of carbonyl (C=O) groups is 1. The van der Waals surface area contributed by atoms with Crippen LogP contribution in [0.5, 0.6) is 0 Å². The maximum absolute atomic E-state index is 11.4. The molecular weight excluding hydrogens is 242 g/mol. The molecule has 4 nitrogen and oxygen atoms in total. The molecule has 1 aliphatic rings. The molecule has 0 unspecified atom stereocenters. The summed E-state index contributed by atoms with van der Waals surface area (Å²) in [6.45, 7) is 4.08. The number of hydrogen-bond acceptors (Lipinski definition) is 5. The van der Waals surface area contributed by atoms with E-state index in [-0.39, 0.29) is 5.91 Å². The quantitative estimate of drug-likeness (QED) is 0.559. The molecule has 1 aliphatic heterocycles. The van der Waals surface area contributed by atoms with E-state index in [0.717, 1.165) is 0 Å². The zero-order valence-electron chi connectivity index (χ0n) is 8.47. The minimum Gasteiger partial charge on any atom is -0.297 e. The number of nitriles is 2. The smallest absolute Gasteiger partial charge is 0.238 e. The Balaban J connectivity index is 2.50. The number of rotatable bonds is 4. The van der Waals surface area contributed by atoms with Crippen molar-refractivity contribution in [1.82, 2.24) is 4.90 Å². The van der Waals surface area contributed by atoms with Gasteiger partial charge >= 0.3 is 0 Å². The average Bonchev–Trinajstić information content (AvgIpc) is 2.58. The van der Waals surface area contributed by atoms with Crippen LogP contribution in [0.15, 0.2) is 12.2 Å². The third-order valence-electron chi connectivity index (χ3n) is 2.16. The summed E-state index contributed by atoms with van der Waals surface area (Å²) in [7, 11) is 0. The largest absolute Gasteiger partial charge is 0.297 e. The molecule has 0 aromatic rings. The van der Waals surface area contributed by atoms with E-state index in [2.05, 4.69) is 6.58 Å². The first-order chi connectivity index (χ1) is 7.60. The number of thiocarbonyl (C=S) groups is 1. The fraction of sp³-hybridized carbons (Fsp3) is 0.400. The summed E-state index contributed by atoms with van der Waals surface area (Å²) < 4.78 is 0.559. The minimum atomic E-state index is -0.807. The van der Waals surface area contributed by atoms with Crippen LogP contribution in [0, 0.1) is 28.6 Å². The molecule has 0 atom stereocenters. The normalized spacial score (nSPS) is 15.1. The lowest BCUT2D eigenvalue weighted by atomic mass is 10.0. The van der Waals surface area contributed by atoms with Crippen molar-refractivity contribution >= 4 is 34.2 Å². The molecule has 1 rings (SSSR count). The van der Waals surface area contributed by atoms with Gasteiger partial charge in [-0.05, 0) is 12.0 Å². The van der Waals surface area contributed by atoms with Crippen molar-refractivity contribution in [2.75, 3.05) is 12.3 Å². The highest BCUT2D eigenvalue weighted by Gasteiger charge is 2.26. The molecule has 0 spiro atoms. The lowest BCUT2D eigenvalue weighted by Crippen LogP contribution is -2.29. The third kappa shape index (κ3) is 2.82. The van der Waals surface area contributed by atoms with Gasteiger partial charge in [0.05, 0.1) is 17.9 Å². The van der Waals surface area contributed by atoms with Gasteiger partial charge in [-0.2, -0.15) is 10.5 Å². The molecule has 1 heterocycles. The highest BCUT2D eigenvalue weighted by Crippen LogP contribution is 2.21. The Morgan fingerprint density at radius 2 is 2.25 bits per heavy atom. The van der Waals surface area contributed by atoms with Crippen molar-refractivity contribution in [2.45, 2.75) is 6.42 Å². The van der Waals surface area contributed by atoms with E-state index in [4.69, 9.17) is 22.7 Å². The van der Waals surface area contributed by atoms with Crippen LogP contribution in [0.4, 0.5) is 0 Å². The van der Waals surface area contributed by atoms with E-state index in [1.807, 2.05) is 12.1 Å².